The van der Waals surface area contributed by atoms with Crippen LogP contribution in [0, 0.1) is 0 Å². The molecule has 8 nitrogen and oxygen atoms in total. The second kappa shape index (κ2) is 5.69. The first-order valence-electron chi connectivity index (χ1n) is 4.24. The lowest BCUT2D eigenvalue weighted by molar-refractivity contribution is 0.355. The van der Waals surface area contributed by atoms with E-state index in [4.69, 9.17) is 18.9 Å². The molecule has 0 amide bonds. The SMILES string of the molecule is COC1=N/N=C(OC)\C(OC)=N/N=C\1OC. The third-order valence-corrected chi connectivity index (χ3v) is 1.60. The molecule has 1 rings (SSSR count). The predicted molar refractivity (Wildman–Crippen MR) is 57.8 cm³/mol. The number of rotatable bonds is 0. The molecule has 0 saturated carbocycles. The Balaban J connectivity index is 3.13. The van der Waals surface area contributed by atoms with Gasteiger partial charge in [-0.2, -0.15) is 0 Å². The van der Waals surface area contributed by atoms with Gasteiger partial charge in [-0.1, -0.05) is 0 Å². The first-order chi connectivity index (χ1) is 7.76. The average molecular weight is 228 g/mol. The van der Waals surface area contributed by atoms with Gasteiger partial charge < -0.3 is 18.9 Å². The molecule has 1 heterocycles. The molecular formula is C8H12N4O4. The largest absolute Gasteiger partial charge is 0.476 e. The van der Waals surface area contributed by atoms with E-state index in [1.54, 1.807) is 0 Å². The molecule has 0 atom stereocenters. The maximum Gasteiger partial charge on any atom is 0.298 e. The number of hydrogen-bond acceptors (Lipinski definition) is 8. The van der Waals surface area contributed by atoms with Crippen molar-refractivity contribution in [1.29, 1.82) is 0 Å². The predicted octanol–water partition coefficient (Wildman–Crippen LogP) is 0.00960. The Morgan fingerprint density at radius 3 is 0.812 bits per heavy atom. The minimum atomic E-state index is 0.0935. The summed E-state index contributed by atoms with van der Waals surface area (Å²) in [6.07, 6.45) is 0. The van der Waals surface area contributed by atoms with E-state index >= 15 is 0 Å². The van der Waals surface area contributed by atoms with Crippen molar-refractivity contribution in [2.45, 2.75) is 0 Å². The molecule has 0 N–H and O–H groups in total. The zero-order valence-electron chi connectivity index (χ0n) is 9.42. The molecule has 1 aliphatic heterocycles. The summed E-state index contributed by atoms with van der Waals surface area (Å²) in [6, 6.07) is 0. The molecule has 0 aromatic carbocycles. The maximum atomic E-state index is 4.91. The van der Waals surface area contributed by atoms with Crippen LogP contribution in [-0.4, -0.2) is 52.0 Å². The molecule has 88 valence electrons. The molecule has 0 fully saturated rings. The maximum absolute atomic E-state index is 4.91. The summed E-state index contributed by atoms with van der Waals surface area (Å²) < 4.78 is 19.7. The van der Waals surface area contributed by atoms with Gasteiger partial charge in [-0.05, 0) is 0 Å². The minimum absolute atomic E-state index is 0.0935. The van der Waals surface area contributed by atoms with Crippen molar-refractivity contribution in [2.75, 3.05) is 28.4 Å². The van der Waals surface area contributed by atoms with Crippen LogP contribution in [0.2, 0.25) is 0 Å². The van der Waals surface area contributed by atoms with Crippen LogP contribution in [0.15, 0.2) is 20.4 Å². The van der Waals surface area contributed by atoms with Crippen LogP contribution in [0.1, 0.15) is 0 Å². The van der Waals surface area contributed by atoms with Gasteiger partial charge in [0.25, 0.3) is 23.6 Å². The Morgan fingerprint density at radius 1 is 0.500 bits per heavy atom. The van der Waals surface area contributed by atoms with E-state index in [1.165, 1.54) is 28.4 Å². The molecule has 0 spiro atoms. The van der Waals surface area contributed by atoms with Gasteiger partial charge in [0.2, 0.25) is 0 Å². The van der Waals surface area contributed by atoms with Crippen LogP contribution < -0.4 is 0 Å². The Bertz CT molecular complexity index is 300. The second-order valence-corrected chi connectivity index (χ2v) is 2.44. The van der Waals surface area contributed by atoms with Crippen LogP contribution in [0.3, 0.4) is 0 Å². The van der Waals surface area contributed by atoms with Crippen molar-refractivity contribution in [3.05, 3.63) is 0 Å². The van der Waals surface area contributed by atoms with E-state index in [0.717, 1.165) is 0 Å². The van der Waals surface area contributed by atoms with Gasteiger partial charge >= 0.3 is 0 Å². The van der Waals surface area contributed by atoms with Crippen molar-refractivity contribution in [2.24, 2.45) is 20.4 Å². The first-order valence-corrected chi connectivity index (χ1v) is 4.24. The molecule has 0 saturated heterocycles. The third-order valence-electron chi connectivity index (χ3n) is 1.60. The molecule has 16 heavy (non-hydrogen) atoms. The molecule has 0 radical (unpaired) electrons. The van der Waals surface area contributed by atoms with E-state index in [-0.39, 0.29) is 23.6 Å². The zero-order valence-corrected chi connectivity index (χ0v) is 9.42. The van der Waals surface area contributed by atoms with Gasteiger partial charge in [-0.3, -0.25) is 0 Å². The van der Waals surface area contributed by atoms with Crippen molar-refractivity contribution < 1.29 is 18.9 Å². The van der Waals surface area contributed by atoms with Gasteiger partial charge in [0.15, 0.2) is 0 Å². The van der Waals surface area contributed by atoms with Gasteiger partial charge in [-0.25, -0.2) is 0 Å². The smallest absolute Gasteiger partial charge is 0.298 e. The van der Waals surface area contributed by atoms with Gasteiger partial charge in [0.1, 0.15) is 0 Å². The summed E-state index contributed by atoms with van der Waals surface area (Å²) in [5.41, 5.74) is 0. The summed E-state index contributed by atoms with van der Waals surface area (Å²) in [6.45, 7) is 0. The van der Waals surface area contributed by atoms with E-state index < -0.39 is 0 Å². The van der Waals surface area contributed by atoms with Crippen molar-refractivity contribution in [3.8, 4) is 0 Å². The molecule has 0 aromatic rings. The van der Waals surface area contributed by atoms with Crippen LogP contribution in [0.5, 0.6) is 0 Å². The van der Waals surface area contributed by atoms with Gasteiger partial charge in [0.05, 0.1) is 28.4 Å². The highest BCUT2D eigenvalue weighted by Crippen LogP contribution is 1.99. The molecular weight excluding hydrogens is 216 g/mol. The standard InChI is InChI=1S/C8H12N4O4/c1-13-5-6(14-2)10-12-8(16-4)7(15-3)11-9-5/h1-4H3/b6-5?,8-7?,9-5+,10-6+,11-7+,11-9?,12-8+,12-10?. The Hall–Kier alpha value is -2.12. The number of methoxy groups -OCH3 is 4. The number of hydrogen-bond donors (Lipinski definition) is 0. The third kappa shape index (κ3) is 2.47. The molecule has 0 unspecified atom stereocenters. The number of nitrogens with zero attached hydrogens (tertiary/aromatic N) is 4. The molecule has 0 aliphatic carbocycles. The monoisotopic (exact) mass is 228 g/mol. The Kier molecular flexibility index (Phi) is 4.25. The Labute approximate surface area is 92.3 Å². The second-order valence-electron chi connectivity index (χ2n) is 2.44. The normalized spacial score (nSPS) is 28.8. The van der Waals surface area contributed by atoms with E-state index in [2.05, 4.69) is 20.4 Å². The summed E-state index contributed by atoms with van der Waals surface area (Å²) >= 11 is 0. The summed E-state index contributed by atoms with van der Waals surface area (Å²) in [5, 5.41) is 15.0. The highest BCUT2D eigenvalue weighted by Gasteiger charge is 2.17. The molecule has 1 aliphatic rings. The van der Waals surface area contributed by atoms with Crippen molar-refractivity contribution in [3.63, 3.8) is 0 Å². The highest BCUT2D eigenvalue weighted by atomic mass is 16.5. The summed E-state index contributed by atoms with van der Waals surface area (Å²) in [5.74, 6) is 0.374. The van der Waals surface area contributed by atoms with Crippen molar-refractivity contribution >= 4 is 23.6 Å². The lowest BCUT2D eigenvalue weighted by atomic mass is 10.6. The molecule has 0 bridgehead atoms. The fraction of sp³-hybridized carbons (Fsp3) is 0.500. The zero-order chi connectivity index (χ0) is 12.0. The number of ether oxygens (including phenoxy) is 4. The Morgan fingerprint density at radius 2 is 0.688 bits per heavy atom. The van der Waals surface area contributed by atoms with Crippen molar-refractivity contribution in [1.82, 2.24) is 0 Å². The van der Waals surface area contributed by atoms with Crippen LogP contribution in [0.25, 0.3) is 0 Å². The molecule has 8 heteroatoms. The van der Waals surface area contributed by atoms with Gasteiger partial charge in [-0.15, -0.1) is 20.4 Å². The first kappa shape index (κ1) is 12.0. The van der Waals surface area contributed by atoms with Crippen LogP contribution >= 0.6 is 0 Å². The lowest BCUT2D eigenvalue weighted by Gasteiger charge is -2.08. The van der Waals surface area contributed by atoms with Crippen LogP contribution in [-0.2, 0) is 18.9 Å². The topological polar surface area (TPSA) is 86.4 Å². The summed E-state index contributed by atoms with van der Waals surface area (Å²) in [4.78, 5) is 0. The van der Waals surface area contributed by atoms with E-state index in [1.807, 2.05) is 0 Å². The minimum Gasteiger partial charge on any atom is -0.476 e. The van der Waals surface area contributed by atoms with Gasteiger partial charge in [0, 0.05) is 0 Å². The quantitative estimate of drug-likeness (QED) is 0.584. The fourth-order valence-electron chi connectivity index (χ4n) is 0.865. The van der Waals surface area contributed by atoms with Crippen LogP contribution in [0.4, 0.5) is 0 Å². The lowest BCUT2D eigenvalue weighted by Crippen LogP contribution is -2.23. The molecule has 0 aromatic heterocycles. The highest BCUT2D eigenvalue weighted by molar-refractivity contribution is 6.38. The summed E-state index contributed by atoms with van der Waals surface area (Å²) in [7, 11) is 5.66. The average Bonchev–Trinajstić information content (AvgIpc) is 2.30. The fourth-order valence-corrected chi connectivity index (χ4v) is 0.865. The van der Waals surface area contributed by atoms with E-state index in [0.29, 0.717) is 0 Å². The van der Waals surface area contributed by atoms with E-state index in [9.17, 15) is 0 Å².